The van der Waals surface area contributed by atoms with Crippen molar-refractivity contribution in [1.29, 1.82) is 0 Å². The Balaban J connectivity index is 2.66. The smallest absolute Gasteiger partial charge is 0.0840 e. The number of hydrogen-bond acceptors (Lipinski definition) is 1. The van der Waals surface area contributed by atoms with E-state index in [0.717, 1.165) is 0 Å². The molecular weight excluding hydrogens is 194 g/mol. The average molecular weight is 216 g/mol. The van der Waals surface area contributed by atoms with E-state index in [9.17, 15) is 0 Å². The van der Waals surface area contributed by atoms with E-state index in [4.69, 9.17) is 15.1 Å². The Morgan fingerprint density at radius 2 is 1.56 bits per heavy atom. The first kappa shape index (κ1) is 3.17. The summed E-state index contributed by atoms with van der Waals surface area (Å²) in [6.07, 6.45) is -0.630. The summed E-state index contributed by atoms with van der Waals surface area (Å²) in [5, 5.41) is -0.552. The van der Waals surface area contributed by atoms with E-state index in [2.05, 4.69) is 4.98 Å². The number of aromatic nitrogens is 1. The van der Waals surface area contributed by atoms with E-state index in [1.807, 2.05) is 0 Å². The molecule has 3 rings (SSSR count). The van der Waals surface area contributed by atoms with Gasteiger partial charge in [-0.15, -0.1) is 0 Å². The van der Waals surface area contributed by atoms with Crippen molar-refractivity contribution in [3.05, 3.63) is 66.6 Å². The molecule has 1 aromatic heterocycles. The molecule has 1 heterocycles. The van der Waals surface area contributed by atoms with Gasteiger partial charge in [-0.25, -0.2) is 0 Å². The minimum absolute atomic E-state index is 0.263. The number of benzene rings is 2. The van der Waals surface area contributed by atoms with Gasteiger partial charge < -0.3 is 0 Å². The van der Waals surface area contributed by atoms with Crippen LogP contribution in [0.2, 0.25) is 0 Å². The van der Waals surface area contributed by atoms with Crippen LogP contribution in [0.5, 0.6) is 0 Å². The van der Waals surface area contributed by atoms with Gasteiger partial charge in [0.15, 0.2) is 0 Å². The molecule has 1 heteroatoms. The van der Waals surface area contributed by atoms with Crippen molar-refractivity contribution in [2.75, 3.05) is 0 Å². The van der Waals surface area contributed by atoms with Crippen LogP contribution in [0.1, 0.15) is 15.1 Å². The van der Waals surface area contributed by atoms with Crippen molar-refractivity contribution in [3.8, 4) is 11.3 Å². The van der Waals surface area contributed by atoms with Crippen LogP contribution in [0.3, 0.4) is 0 Å². The molecule has 0 saturated heterocycles. The molecule has 0 unspecified atom stereocenters. The van der Waals surface area contributed by atoms with Crippen LogP contribution in [-0.2, 0) is 0 Å². The molecule has 1 nitrogen and oxygen atoms in total. The molecule has 16 heavy (non-hydrogen) atoms. The molecule has 0 N–H and O–H groups in total. The highest BCUT2D eigenvalue weighted by Gasteiger charge is 2.03. The Morgan fingerprint density at radius 3 is 2.44 bits per heavy atom. The second-order valence-corrected chi connectivity index (χ2v) is 2.95. The zero-order valence-electron chi connectivity index (χ0n) is 18.9. The monoisotopic (exact) mass is 216 g/mol. The van der Waals surface area contributed by atoms with Crippen LogP contribution < -0.4 is 0 Å². The maximum atomic E-state index is 8.14. The lowest BCUT2D eigenvalue weighted by molar-refractivity contribution is 1.36. The molecule has 76 valence electrons. The normalized spacial score (nSPS) is 20.1. The molecule has 0 aliphatic heterocycles. The topological polar surface area (TPSA) is 12.9 Å². The Bertz CT molecular complexity index is 1110. The van der Waals surface area contributed by atoms with Gasteiger partial charge in [0.25, 0.3) is 0 Å². The Labute approximate surface area is 110 Å². The molecule has 3 aromatic rings. The highest BCUT2D eigenvalue weighted by molar-refractivity contribution is 5.94. The number of hydrogen-bond donors (Lipinski definition) is 0. The van der Waals surface area contributed by atoms with Crippen LogP contribution in [0, 0.1) is 0 Å². The van der Waals surface area contributed by atoms with Gasteiger partial charge >= 0.3 is 0 Å². The fraction of sp³-hybridized carbons (Fsp3) is 0. The maximum absolute atomic E-state index is 8.14. The molecule has 0 aliphatic rings. The van der Waals surface area contributed by atoms with Gasteiger partial charge in [0.05, 0.1) is 20.8 Å². The van der Waals surface area contributed by atoms with E-state index < -0.39 is 66.6 Å². The molecule has 0 spiro atoms. The third-order valence-corrected chi connectivity index (χ3v) is 2.01. The third-order valence-electron chi connectivity index (χ3n) is 2.01. The van der Waals surface area contributed by atoms with Gasteiger partial charge in [-0.2, -0.15) is 0 Å². The van der Waals surface area contributed by atoms with E-state index in [1.54, 1.807) is 0 Å². The zero-order chi connectivity index (χ0) is 20.4. The number of pyridine rings is 1. The van der Waals surface area contributed by atoms with E-state index in [0.29, 0.717) is 0 Å². The maximum Gasteiger partial charge on any atom is 0.0840 e. The van der Waals surface area contributed by atoms with Crippen LogP contribution in [0.25, 0.3) is 22.0 Å². The lowest BCUT2D eigenvalue weighted by Gasteiger charge is -2.04. The standard InChI is InChI=1S/C15H11N/c1-2-7-13(8-3-1)15-14-9-5-4-6-12(14)10-11-16-15/h1-11H/i1D,2D,3D,4D,5D,6D,7D,8D,9D,10D,11D. The molecule has 0 bridgehead atoms. The van der Waals surface area contributed by atoms with Crippen LogP contribution in [0.15, 0.2) is 66.6 Å². The van der Waals surface area contributed by atoms with Gasteiger partial charge in [0, 0.05) is 17.1 Å². The van der Waals surface area contributed by atoms with Crippen molar-refractivity contribution < 1.29 is 15.1 Å². The van der Waals surface area contributed by atoms with Gasteiger partial charge in [-0.05, 0) is 11.4 Å². The number of nitrogens with zero attached hydrogens (tertiary/aromatic N) is 1. The second-order valence-electron chi connectivity index (χ2n) is 2.95. The number of rotatable bonds is 1. The van der Waals surface area contributed by atoms with Gasteiger partial charge in [-0.1, -0.05) is 54.4 Å². The Morgan fingerprint density at radius 1 is 0.812 bits per heavy atom. The molecule has 0 saturated carbocycles. The first-order valence-electron chi connectivity index (χ1n) is 9.95. The minimum Gasteiger partial charge on any atom is -0.256 e. The minimum atomic E-state index is -0.636. The summed E-state index contributed by atoms with van der Waals surface area (Å²) in [4.78, 5) is 3.84. The molecule has 2 aromatic carbocycles. The fourth-order valence-electron chi connectivity index (χ4n) is 1.33. The molecule has 0 radical (unpaired) electrons. The largest absolute Gasteiger partial charge is 0.256 e. The van der Waals surface area contributed by atoms with Crippen LogP contribution >= 0.6 is 0 Å². The predicted molar refractivity (Wildman–Crippen MR) is 67.2 cm³/mol. The van der Waals surface area contributed by atoms with Crippen molar-refractivity contribution in [2.45, 2.75) is 0 Å². The quantitative estimate of drug-likeness (QED) is 0.601. The van der Waals surface area contributed by atoms with Crippen molar-refractivity contribution in [2.24, 2.45) is 0 Å². The first-order chi connectivity index (χ1) is 12.5. The lowest BCUT2D eigenvalue weighted by Crippen LogP contribution is -1.84. The average Bonchev–Trinajstić information content (AvgIpc) is 2.63. The van der Waals surface area contributed by atoms with Crippen molar-refractivity contribution >= 4 is 10.8 Å². The summed E-state index contributed by atoms with van der Waals surface area (Å²) < 4.78 is 87.1. The van der Waals surface area contributed by atoms with Crippen molar-refractivity contribution in [1.82, 2.24) is 4.98 Å². The SMILES string of the molecule is [2H]c1nc(-c2c([2H])c([2H])c([2H])c([2H])c2[2H])c2c([2H])c([2H])c([2H])c([2H])c2c1[2H]. The zero-order valence-corrected chi connectivity index (χ0v) is 7.95. The Kier molecular flexibility index (Phi) is 0.749. The summed E-state index contributed by atoms with van der Waals surface area (Å²) in [5.41, 5.74) is -0.737. The predicted octanol–water partition coefficient (Wildman–Crippen LogP) is 3.90. The molecule has 0 amide bonds. The second kappa shape index (κ2) is 3.78. The first-order valence-corrected chi connectivity index (χ1v) is 4.45. The highest BCUT2D eigenvalue weighted by atomic mass is 14.7. The summed E-state index contributed by atoms with van der Waals surface area (Å²) in [5.74, 6) is 0. The summed E-state index contributed by atoms with van der Waals surface area (Å²) >= 11 is 0. The van der Waals surface area contributed by atoms with Gasteiger partial charge in [0.2, 0.25) is 0 Å². The third kappa shape index (κ3) is 1.47. The van der Waals surface area contributed by atoms with Crippen LogP contribution in [0.4, 0.5) is 0 Å². The molecule has 0 atom stereocenters. The highest BCUT2D eigenvalue weighted by Crippen LogP contribution is 2.25. The molecular formula is C15H11N. The number of fused-ring (bicyclic) bond motifs is 1. The van der Waals surface area contributed by atoms with Crippen molar-refractivity contribution in [3.63, 3.8) is 0 Å². The van der Waals surface area contributed by atoms with Gasteiger partial charge in [0.1, 0.15) is 0 Å². The summed E-state index contributed by atoms with van der Waals surface area (Å²) in [6.45, 7) is 0. The van der Waals surface area contributed by atoms with Crippen LogP contribution in [-0.4, -0.2) is 4.98 Å². The van der Waals surface area contributed by atoms with Gasteiger partial charge in [-0.3, -0.25) is 4.98 Å². The summed E-state index contributed by atoms with van der Waals surface area (Å²) in [6, 6.07) is -5.98. The molecule has 0 aliphatic carbocycles. The van der Waals surface area contributed by atoms with E-state index in [1.165, 1.54) is 0 Å². The van der Waals surface area contributed by atoms with E-state index in [-0.39, 0.29) is 22.0 Å². The summed E-state index contributed by atoms with van der Waals surface area (Å²) in [7, 11) is 0. The van der Waals surface area contributed by atoms with E-state index >= 15 is 0 Å². The Hall–Kier alpha value is -2.15. The fourth-order valence-corrected chi connectivity index (χ4v) is 1.33. The molecule has 0 fully saturated rings. The lowest BCUT2D eigenvalue weighted by atomic mass is 10.0.